The quantitative estimate of drug-likeness (QED) is 0.355. The third-order valence-corrected chi connectivity index (χ3v) is 10.2. The van der Waals surface area contributed by atoms with E-state index in [1.54, 1.807) is 0 Å². The zero-order chi connectivity index (χ0) is 29.9. The number of fused-ring (bicyclic) bond motifs is 2. The second kappa shape index (κ2) is 12.7. The van der Waals surface area contributed by atoms with Gasteiger partial charge in [-0.3, -0.25) is 9.88 Å². The van der Waals surface area contributed by atoms with Crippen molar-refractivity contribution >= 4 is 11.4 Å². The highest BCUT2D eigenvalue weighted by Crippen LogP contribution is 2.46. The molecule has 4 unspecified atom stereocenters. The van der Waals surface area contributed by atoms with Crippen LogP contribution in [0.1, 0.15) is 120 Å². The first-order valence-corrected chi connectivity index (χ1v) is 15.9. The molecule has 1 aromatic carbocycles. The van der Waals surface area contributed by atoms with Crippen LogP contribution in [-0.4, -0.2) is 48.3 Å². The lowest BCUT2D eigenvalue weighted by Gasteiger charge is -2.39. The van der Waals surface area contributed by atoms with Gasteiger partial charge in [-0.15, -0.1) is 0 Å². The van der Waals surface area contributed by atoms with Gasteiger partial charge in [-0.25, -0.2) is 4.39 Å². The van der Waals surface area contributed by atoms with Gasteiger partial charge in [-0.2, -0.15) is 5.26 Å². The Morgan fingerprint density at radius 2 is 2.00 bits per heavy atom. The first-order chi connectivity index (χ1) is 19.5. The number of hydrogen-bond acceptors (Lipinski definition) is 5. The van der Waals surface area contributed by atoms with Gasteiger partial charge in [0.1, 0.15) is 12.2 Å². The fraction of sp³-hybridized carbons (Fsp3) is 0.657. The van der Waals surface area contributed by atoms with Crippen LogP contribution >= 0.6 is 0 Å². The van der Waals surface area contributed by atoms with Gasteiger partial charge in [0.2, 0.25) is 0 Å². The van der Waals surface area contributed by atoms with Crippen LogP contribution in [0.5, 0.6) is 0 Å². The SMILES string of the molecule is CC12CCCN1CC(F)C2.CCCN(C)c1cc(CC)nc2c1CCC(C)(c1c(C(C)CC)ccc(N)c1C#N)C2. The topological polar surface area (TPSA) is 69.2 Å². The third-order valence-electron chi connectivity index (χ3n) is 10.2. The highest BCUT2D eigenvalue weighted by Gasteiger charge is 2.44. The minimum absolute atomic E-state index is 0.147. The van der Waals surface area contributed by atoms with Crippen molar-refractivity contribution < 1.29 is 4.39 Å². The lowest BCUT2D eigenvalue weighted by atomic mass is 9.66. The molecule has 4 atom stereocenters. The van der Waals surface area contributed by atoms with Crippen molar-refractivity contribution in [2.24, 2.45) is 0 Å². The minimum atomic E-state index is -0.551. The summed E-state index contributed by atoms with van der Waals surface area (Å²) in [6.07, 6.45) is 8.61. The Labute approximate surface area is 248 Å². The molecule has 5 rings (SSSR count). The average molecular weight is 562 g/mol. The normalized spacial score (nSPS) is 26.0. The first kappa shape index (κ1) is 31.3. The molecule has 1 aliphatic carbocycles. The predicted molar refractivity (Wildman–Crippen MR) is 170 cm³/mol. The molecule has 0 radical (unpaired) electrons. The predicted octanol–water partition coefficient (Wildman–Crippen LogP) is 7.49. The molecule has 41 heavy (non-hydrogen) atoms. The van der Waals surface area contributed by atoms with Crippen molar-refractivity contribution in [3.8, 4) is 6.07 Å². The van der Waals surface area contributed by atoms with E-state index in [-0.39, 0.29) is 11.0 Å². The number of nitriles is 1. The number of alkyl halides is 1. The van der Waals surface area contributed by atoms with Gasteiger partial charge < -0.3 is 10.6 Å². The zero-order valence-corrected chi connectivity index (χ0v) is 26.6. The Balaban J connectivity index is 0.000000322. The number of nitrogen functional groups attached to an aromatic ring is 1. The smallest absolute Gasteiger partial charge is 0.115 e. The maximum Gasteiger partial charge on any atom is 0.115 e. The van der Waals surface area contributed by atoms with Gasteiger partial charge in [0.05, 0.1) is 5.56 Å². The van der Waals surface area contributed by atoms with Crippen LogP contribution in [0.25, 0.3) is 0 Å². The summed E-state index contributed by atoms with van der Waals surface area (Å²) in [5.74, 6) is 0.391. The van der Waals surface area contributed by atoms with Gasteiger partial charge in [-0.1, -0.05) is 40.7 Å². The number of rotatable bonds is 7. The average Bonchev–Trinajstić information content (AvgIpc) is 3.44. The zero-order valence-electron chi connectivity index (χ0n) is 26.6. The summed E-state index contributed by atoms with van der Waals surface area (Å²) < 4.78 is 12.8. The van der Waals surface area contributed by atoms with E-state index in [4.69, 9.17) is 10.7 Å². The summed E-state index contributed by atoms with van der Waals surface area (Å²) in [4.78, 5) is 9.77. The lowest BCUT2D eigenvalue weighted by molar-refractivity contribution is 0.217. The van der Waals surface area contributed by atoms with E-state index in [9.17, 15) is 9.65 Å². The maximum absolute atomic E-state index is 12.8. The van der Waals surface area contributed by atoms with Gasteiger partial charge in [0, 0.05) is 53.9 Å². The molecule has 2 saturated heterocycles. The maximum atomic E-state index is 12.8. The number of aromatic nitrogens is 1. The van der Waals surface area contributed by atoms with E-state index in [0.29, 0.717) is 23.7 Å². The number of aryl methyl sites for hydroxylation is 1. The molecule has 0 spiro atoms. The van der Waals surface area contributed by atoms with Crippen molar-refractivity contribution in [2.45, 2.75) is 122 Å². The molecule has 2 N–H and O–H groups in total. The molecule has 1 aromatic heterocycles. The summed E-state index contributed by atoms with van der Waals surface area (Å²) in [6.45, 7) is 16.2. The summed E-state index contributed by atoms with van der Waals surface area (Å²) >= 11 is 0. The number of nitrogens with two attached hydrogens (primary N) is 1. The van der Waals surface area contributed by atoms with Crippen molar-refractivity contribution in [3.63, 3.8) is 0 Å². The highest BCUT2D eigenvalue weighted by atomic mass is 19.1. The molecule has 2 aliphatic heterocycles. The second-order valence-electron chi connectivity index (χ2n) is 13.3. The summed E-state index contributed by atoms with van der Waals surface area (Å²) in [7, 11) is 2.19. The van der Waals surface area contributed by atoms with Crippen molar-refractivity contribution in [1.82, 2.24) is 9.88 Å². The Hall–Kier alpha value is -2.65. The van der Waals surface area contributed by atoms with Gasteiger partial charge >= 0.3 is 0 Å². The van der Waals surface area contributed by atoms with Gasteiger partial charge in [0.25, 0.3) is 0 Å². The number of halogens is 1. The van der Waals surface area contributed by atoms with E-state index in [1.807, 2.05) is 6.07 Å². The van der Waals surface area contributed by atoms with E-state index in [2.05, 4.69) is 76.6 Å². The number of pyridine rings is 1. The van der Waals surface area contributed by atoms with Gasteiger partial charge in [-0.05, 0) is 106 Å². The largest absolute Gasteiger partial charge is 0.398 e. The highest BCUT2D eigenvalue weighted by molar-refractivity contribution is 5.64. The molecule has 2 fully saturated rings. The van der Waals surface area contributed by atoms with Crippen molar-refractivity contribution in [2.75, 3.05) is 37.3 Å². The standard InChI is InChI=1S/C27H38N4.C8H14FN/c1-7-14-31(6)25-15-19(9-3)30-24-16-27(5,13-12-21(24)25)26-20(18(4)8-2)10-11-23(29)22(26)17-28;1-8-3-2-4-10(8)6-7(9)5-8/h10-11,15,18H,7-9,12-14,16,29H2,1-6H3;7H,2-6H2,1H3. The van der Waals surface area contributed by atoms with Crippen LogP contribution in [0.15, 0.2) is 18.2 Å². The van der Waals surface area contributed by atoms with E-state index in [1.165, 1.54) is 35.3 Å². The number of hydrogen-bond donors (Lipinski definition) is 1. The molecule has 0 amide bonds. The molecule has 0 bridgehead atoms. The van der Waals surface area contributed by atoms with Crippen LogP contribution in [0.2, 0.25) is 0 Å². The fourth-order valence-corrected chi connectivity index (χ4v) is 7.57. The molecule has 3 aliphatic rings. The summed E-state index contributed by atoms with van der Waals surface area (Å²) in [6, 6.07) is 8.79. The lowest BCUT2D eigenvalue weighted by Crippen LogP contribution is -2.35. The number of anilines is 2. The molecule has 224 valence electrons. The number of nitrogens with zero attached hydrogens (tertiary/aromatic N) is 4. The molecular weight excluding hydrogens is 509 g/mol. The van der Waals surface area contributed by atoms with E-state index < -0.39 is 6.17 Å². The van der Waals surface area contributed by atoms with E-state index >= 15 is 0 Å². The molecule has 3 heterocycles. The Morgan fingerprint density at radius 1 is 1.24 bits per heavy atom. The Kier molecular flexibility index (Phi) is 9.69. The Morgan fingerprint density at radius 3 is 2.63 bits per heavy atom. The second-order valence-corrected chi connectivity index (χ2v) is 13.3. The van der Waals surface area contributed by atoms with Crippen LogP contribution in [0.4, 0.5) is 15.8 Å². The minimum Gasteiger partial charge on any atom is -0.398 e. The molecule has 0 saturated carbocycles. The van der Waals surface area contributed by atoms with E-state index in [0.717, 1.165) is 69.3 Å². The van der Waals surface area contributed by atoms with Crippen LogP contribution in [-0.2, 0) is 24.7 Å². The Bertz CT molecular complexity index is 1270. The molecule has 5 nitrogen and oxygen atoms in total. The summed E-state index contributed by atoms with van der Waals surface area (Å²) in [5, 5.41) is 10.0. The third kappa shape index (κ3) is 6.26. The molecule has 2 aromatic rings. The fourth-order valence-electron chi connectivity index (χ4n) is 7.57. The molecular formula is C35H52FN5. The first-order valence-electron chi connectivity index (χ1n) is 15.9. The van der Waals surface area contributed by atoms with Crippen molar-refractivity contribution in [3.05, 3.63) is 51.8 Å². The van der Waals surface area contributed by atoms with Gasteiger partial charge in [0.15, 0.2) is 0 Å². The number of benzene rings is 1. The summed E-state index contributed by atoms with van der Waals surface area (Å²) in [5.41, 5.74) is 15.1. The van der Waals surface area contributed by atoms with Crippen molar-refractivity contribution in [1.29, 1.82) is 5.26 Å². The van der Waals surface area contributed by atoms with Crippen LogP contribution < -0.4 is 10.6 Å². The van der Waals surface area contributed by atoms with Crippen LogP contribution in [0, 0.1) is 11.3 Å². The molecule has 6 heteroatoms. The van der Waals surface area contributed by atoms with Crippen LogP contribution in [0.3, 0.4) is 0 Å². The monoisotopic (exact) mass is 561 g/mol.